The predicted molar refractivity (Wildman–Crippen MR) is 99.8 cm³/mol. The van der Waals surface area contributed by atoms with Crippen molar-refractivity contribution in [2.24, 2.45) is 0 Å². The van der Waals surface area contributed by atoms with E-state index in [4.69, 9.17) is 11.6 Å². The van der Waals surface area contributed by atoms with Gasteiger partial charge in [0, 0.05) is 18.8 Å². The lowest BCUT2D eigenvalue weighted by Crippen LogP contribution is -2.41. The third-order valence-corrected chi connectivity index (χ3v) is 4.80. The van der Waals surface area contributed by atoms with E-state index < -0.39 is 0 Å². The van der Waals surface area contributed by atoms with Crippen LogP contribution in [0.4, 0.5) is 0 Å². The first-order valence-electron chi connectivity index (χ1n) is 8.48. The second-order valence-corrected chi connectivity index (χ2v) is 6.79. The molecule has 6 nitrogen and oxygen atoms in total. The van der Waals surface area contributed by atoms with Gasteiger partial charge in [0.05, 0.1) is 28.9 Å². The summed E-state index contributed by atoms with van der Waals surface area (Å²) in [6.45, 7) is 0.999. The summed E-state index contributed by atoms with van der Waals surface area (Å²) in [5.74, 6) is -0.281. The molecule has 0 unspecified atom stereocenters. The Kier molecular flexibility index (Phi) is 5.85. The molecule has 1 aliphatic rings. The summed E-state index contributed by atoms with van der Waals surface area (Å²) in [7, 11) is 1.88. The molecular formula is C19H21ClN4O2. The van der Waals surface area contributed by atoms with E-state index in [9.17, 15) is 9.59 Å². The molecule has 136 valence electrons. The van der Waals surface area contributed by atoms with Gasteiger partial charge in [-0.05, 0) is 37.7 Å². The number of carbonyl (C=O) groups is 2. The molecular weight excluding hydrogens is 352 g/mol. The SMILES string of the molecule is CN1C[C@@H](NC(=O)c2ccccc2Cl)C[C@H]1C(=O)NCc1ccccn1. The summed E-state index contributed by atoms with van der Waals surface area (Å²) >= 11 is 6.07. The molecule has 0 spiro atoms. The lowest BCUT2D eigenvalue weighted by Gasteiger charge is -2.18. The summed E-state index contributed by atoms with van der Waals surface area (Å²) in [5, 5.41) is 6.29. The Morgan fingerprint density at radius 3 is 2.73 bits per heavy atom. The fourth-order valence-electron chi connectivity index (χ4n) is 3.12. The third kappa shape index (κ3) is 4.39. The fraction of sp³-hybridized carbons (Fsp3) is 0.316. The normalized spacial score (nSPS) is 19.9. The van der Waals surface area contributed by atoms with Crippen LogP contribution in [0.1, 0.15) is 22.5 Å². The zero-order valence-corrected chi connectivity index (χ0v) is 15.2. The highest BCUT2D eigenvalue weighted by molar-refractivity contribution is 6.33. The Bertz CT molecular complexity index is 784. The number of carbonyl (C=O) groups excluding carboxylic acids is 2. The van der Waals surface area contributed by atoms with E-state index in [1.807, 2.05) is 30.1 Å². The number of nitrogens with one attached hydrogen (secondary N) is 2. The zero-order valence-electron chi connectivity index (χ0n) is 14.5. The molecule has 0 saturated carbocycles. The summed E-state index contributed by atoms with van der Waals surface area (Å²) in [5.41, 5.74) is 1.25. The van der Waals surface area contributed by atoms with Gasteiger partial charge >= 0.3 is 0 Å². The summed E-state index contributed by atoms with van der Waals surface area (Å²) < 4.78 is 0. The molecule has 1 aromatic carbocycles. The minimum atomic E-state index is -0.282. The largest absolute Gasteiger partial charge is 0.349 e. The number of hydrogen-bond donors (Lipinski definition) is 2. The molecule has 2 heterocycles. The Balaban J connectivity index is 1.54. The van der Waals surface area contributed by atoms with E-state index in [1.54, 1.807) is 30.5 Å². The summed E-state index contributed by atoms with van der Waals surface area (Å²) in [6.07, 6.45) is 2.25. The average Bonchev–Trinajstić information content (AvgIpc) is 3.01. The molecule has 1 aromatic heterocycles. The van der Waals surface area contributed by atoms with E-state index in [-0.39, 0.29) is 23.9 Å². The summed E-state index contributed by atoms with van der Waals surface area (Å²) in [4.78, 5) is 31.0. The molecule has 1 fully saturated rings. The summed E-state index contributed by atoms with van der Waals surface area (Å²) in [6, 6.07) is 12.1. The zero-order chi connectivity index (χ0) is 18.5. The molecule has 3 rings (SSSR count). The van der Waals surface area contributed by atoms with Gasteiger partial charge in [-0.3, -0.25) is 19.5 Å². The minimum Gasteiger partial charge on any atom is -0.349 e. The van der Waals surface area contributed by atoms with Gasteiger partial charge in [0.25, 0.3) is 5.91 Å². The number of likely N-dealkylation sites (tertiary alicyclic amines) is 1. The monoisotopic (exact) mass is 372 g/mol. The number of halogens is 1. The molecule has 0 aliphatic carbocycles. The fourth-order valence-corrected chi connectivity index (χ4v) is 3.34. The van der Waals surface area contributed by atoms with Crippen molar-refractivity contribution in [3.8, 4) is 0 Å². The van der Waals surface area contributed by atoms with Crippen molar-refractivity contribution in [1.29, 1.82) is 0 Å². The standard InChI is InChI=1S/C19H21ClN4O2/c1-24-12-14(23-18(25)15-7-2-3-8-16(15)20)10-17(24)19(26)22-11-13-6-4-5-9-21-13/h2-9,14,17H,10-12H2,1H3,(H,22,26)(H,23,25)/t14-,17-/m0/s1. The van der Waals surface area contributed by atoms with Crippen LogP contribution in [0.3, 0.4) is 0 Å². The highest BCUT2D eigenvalue weighted by Crippen LogP contribution is 2.19. The highest BCUT2D eigenvalue weighted by Gasteiger charge is 2.35. The van der Waals surface area contributed by atoms with Crippen molar-refractivity contribution in [2.75, 3.05) is 13.6 Å². The molecule has 1 saturated heterocycles. The van der Waals surface area contributed by atoms with Crippen LogP contribution in [-0.2, 0) is 11.3 Å². The maximum Gasteiger partial charge on any atom is 0.253 e. The van der Waals surface area contributed by atoms with Gasteiger partial charge in [-0.2, -0.15) is 0 Å². The second-order valence-electron chi connectivity index (χ2n) is 6.38. The highest BCUT2D eigenvalue weighted by atomic mass is 35.5. The van der Waals surface area contributed by atoms with E-state index in [0.717, 1.165) is 5.69 Å². The van der Waals surface area contributed by atoms with Crippen LogP contribution in [0.2, 0.25) is 5.02 Å². The topological polar surface area (TPSA) is 74.3 Å². The van der Waals surface area contributed by atoms with E-state index in [0.29, 0.717) is 30.1 Å². The van der Waals surface area contributed by atoms with Crippen LogP contribution in [0.25, 0.3) is 0 Å². The molecule has 1 aliphatic heterocycles. The number of benzene rings is 1. The van der Waals surface area contributed by atoms with Gasteiger partial charge in [0.15, 0.2) is 0 Å². The third-order valence-electron chi connectivity index (χ3n) is 4.47. The van der Waals surface area contributed by atoms with E-state index >= 15 is 0 Å². The van der Waals surface area contributed by atoms with Crippen molar-refractivity contribution in [2.45, 2.75) is 25.0 Å². The number of likely N-dealkylation sites (N-methyl/N-ethyl adjacent to an activating group) is 1. The van der Waals surface area contributed by atoms with Crippen LogP contribution < -0.4 is 10.6 Å². The van der Waals surface area contributed by atoms with Crippen molar-refractivity contribution in [3.05, 3.63) is 64.9 Å². The molecule has 26 heavy (non-hydrogen) atoms. The number of aromatic nitrogens is 1. The Morgan fingerprint density at radius 1 is 1.23 bits per heavy atom. The number of pyridine rings is 1. The molecule has 0 bridgehead atoms. The number of nitrogens with zero attached hydrogens (tertiary/aromatic N) is 2. The predicted octanol–water partition coefficient (Wildman–Crippen LogP) is 1.85. The van der Waals surface area contributed by atoms with Gasteiger partial charge in [-0.15, -0.1) is 0 Å². The van der Waals surface area contributed by atoms with Crippen molar-refractivity contribution in [1.82, 2.24) is 20.5 Å². The quantitative estimate of drug-likeness (QED) is 0.840. The Morgan fingerprint density at radius 2 is 2.00 bits per heavy atom. The van der Waals surface area contributed by atoms with Crippen LogP contribution >= 0.6 is 11.6 Å². The Hall–Kier alpha value is -2.44. The van der Waals surface area contributed by atoms with Gasteiger partial charge < -0.3 is 10.6 Å². The van der Waals surface area contributed by atoms with Crippen LogP contribution in [0.15, 0.2) is 48.7 Å². The van der Waals surface area contributed by atoms with Crippen LogP contribution in [0, 0.1) is 0 Å². The van der Waals surface area contributed by atoms with Crippen molar-refractivity contribution >= 4 is 23.4 Å². The number of amides is 2. The minimum absolute atomic E-state index is 0.0624. The molecule has 2 atom stereocenters. The number of rotatable bonds is 5. The van der Waals surface area contributed by atoms with Crippen molar-refractivity contribution < 1.29 is 9.59 Å². The average molecular weight is 373 g/mol. The maximum absolute atomic E-state index is 12.5. The van der Waals surface area contributed by atoms with E-state index in [2.05, 4.69) is 15.6 Å². The molecule has 0 radical (unpaired) electrons. The van der Waals surface area contributed by atoms with Gasteiger partial charge in [0.1, 0.15) is 0 Å². The Labute approximate surface area is 157 Å². The molecule has 7 heteroatoms. The van der Waals surface area contributed by atoms with Gasteiger partial charge in [0.2, 0.25) is 5.91 Å². The molecule has 2 amide bonds. The van der Waals surface area contributed by atoms with Crippen LogP contribution in [0.5, 0.6) is 0 Å². The van der Waals surface area contributed by atoms with Gasteiger partial charge in [-0.1, -0.05) is 29.8 Å². The first-order chi connectivity index (χ1) is 12.5. The first kappa shape index (κ1) is 18.4. The second kappa shape index (κ2) is 8.29. The van der Waals surface area contributed by atoms with Crippen LogP contribution in [-0.4, -0.2) is 47.4 Å². The smallest absolute Gasteiger partial charge is 0.253 e. The number of hydrogen-bond acceptors (Lipinski definition) is 4. The lowest BCUT2D eigenvalue weighted by atomic mass is 10.1. The van der Waals surface area contributed by atoms with Gasteiger partial charge in [-0.25, -0.2) is 0 Å². The maximum atomic E-state index is 12.5. The van der Waals surface area contributed by atoms with Crippen molar-refractivity contribution in [3.63, 3.8) is 0 Å². The molecule has 2 aromatic rings. The molecule has 2 N–H and O–H groups in total. The first-order valence-corrected chi connectivity index (χ1v) is 8.85. The lowest BCUT2D eigenvalue weighted by molar-refractivity contribution is -0.125. The van der Waals surface area contributed by atoms with E-state index in [1.165, 1.54) is 0 Å².